The molecule has 2 rings (SSSR count). The van der Waals surface area contributed by atoms with Crippen LogP contribution in [0.3, 0.4) is 0 Å². The molecule has 3 N–H and O–H groups in total. The Balaban J connectivity index is 2.02. The lowest BCUT2D eigenvalue weighted by molar-refractivity contribution is -0.114. The van der Waals surface area contributed by atoms with Crippen LogP contribution in [0.2, 0.25) is 5.02 Å². The molecule has 1 heterocycles. The molecular weight excluding hydrogens is 304 g/mol. The minimum absolute atomic E-state index is 0.106. The minimum atomic E-state index is -0.612. The average Bonchev–Trinajstić information content (AvgIpc) is 2.47. The highest BCUT2D eigenvalue weighted by Crippen LogP contribution is 2.16. The van der Waals surface area contributed by atoms with Crippen molar-refractivity contribution in [3.63, 3.8) is 0 Å². The first-order chi connectivity index (χ1) is 10.5. The van der Waals surface area contributed by atoms with Gasteiger partial charge in [0.05, 0.1) is 6.54 Å². The predicted molar refractivity (Wildman–Crippen MR) is 86.1 cm³/mol. The van der Waals surface area contributed by atoms with Gasteiger partial charge in [-0.3, -0.25) is 14.6 Å². The Kier molecular flexibility index (Phi) is 4.95. The van der Waals surface area contributed by atoms with Gasteiger partial charge in [-0.25, -0.2) is 0 Å². The molecule has 0 aliphatic carbocycles. The Morgan fingerprint density at radius 3 is 2.77 bits per heavy atom. The number of rotatable bonds is 5. The van der Waals surface area contributed by atoms with Crippen LogP contribution in [0.5, 0.6) is 0 Å². The van der Waals surface area contributed by atoms with E-state index in [4.69, 9.17) is 17.3 Å². The number of hydrogen-bond acceptors (Lipinski definition) is 4. The minimum Gasteiger partial charge on any atom is -0.365 e. The van der Waals surface area contributed by atoms with Crippen molar-refractivity contribution in [3.05, 3.63) is 53.3 Å². The third kappa shape index (κ3) is 4.20. The van der Waals surface area contributed by atoms with E-state index in [9.17, 15) is 9.59 Å². The van der Waals surface area contributed by atoms with Gasteiger partial charge in [-0.2, -0.15) is 0 Å². The number of carbonyl (C=O) groups excluding carboxylic acids is 2. The third-order valence-corrected chi connectivity index (χ3v) is 3.16. The van der Waals surface area contributed by atoms with Crippen molar-refractivity contribution in [2.24, 2.45) is 5.73 Å². The second-order valence-corrected chi connectivity index (χ2v) is 5.11. The van der Waals surface area contributed by atoms with Crippen LogP contribution in [0.25, 0.3) is 0 Å². The van der Waals surface area contributed by atoms with Crippen molar-refractivity contribution in [2.75, 3.05) is 23.8 Å². The second kappa shape index (κ2) is 6.91. The topological polar surface area (TPSA) is 88.3 Å². The van der Waals surface area contributed by atoms with Gasteiger partial charge in [0.15, 0.2) is 0 Å². The summed E-state index contributed by atoms with van der Waals surface area (Å²) in [7, 11) is 1.73. The van der Waals surface area contributed by atoms with Gasteiger partial charge in [-0.1, -0.05) is 17.7 Å². The quantitative estimate of drug-likeness (QED) is 0.881. The number of benzene rings is 1. The lowest BCUT2D eigenvalue weighted by atomic mass is 10.3. The number of aromatic nitrogens is 1. The molecule has 1 aromatic carbocycles. The summed E-state index contributed by atoms with van der Waals surface area (Å²) in [5, 5.41) is 3.30. The molecule has 6 nitrogen and oxygen atoms in total. The zero-order chi connectivity index (χ0) is 16.1. The molecule has 22 heavy (non-hydrogen) atoms. The van der Waals surface area contributed by atoms with Crippen molar-refractivity contribution in [3.8, 4) is 0 Å². The molecule has 0 bridgehead atoms. The zero-order valence-electron chi connectivity index (χ0n) is 11.9. The van der Waals surface area contributed by atoms with Gasteiger partial charge in [0.1, 0.15) is 5.69 Å². The van der Waals surface area contributed by atoms with E-state index in [1.807, 2.05) is 0 Å². The number of primary amides is 1. The van der Waals surface area contributed by atoms with Gasteiger partial charge >= 0.3 is 0 Å². The first-order valence-electron chi connectivity index (χ1n) is 6.48. The summed E-state index contributed by atoms with van der Waals surface area (Å²) < 4.78 is 0. The number of halogens is 1. The molecule has 0 spiro atoms. The van der Waals surface area contributed by atoms with Crippen molar-refractivity contribution < 1.29 is 9.59 Å². The maximum Gasteiger partial charge on any atom is 0.267 e. The Morgan fingerprint density at radius 2 is 2.09 bits per heavy atom. The number of pyridine rings is 1. The van der Waals surface area contributed by atoms with Crippen molar-refractivity contribution >= 4 is 34.8 Å². The molecule has 114 valence electrons. The van der Waals surface area contributed by atoms with Gasteiger partial charge in [0.25, 0.3) is 5.91 Å². The van der Waals surface area contributed by atoms with Crippen LogP contribution < -0.4 is 16.0 Å². The molecule has 2 aromatic rings. The molecule has 2 amide bonds. The molecule has 1 aromatic heterocycles. The molecular formula is C15H15ClN4O2. The smallest absolute Gasteiger partial charge is 0.267 e. The van der Waals surface area contributed by atoms with E-state index in [2.05, 4.69) is 10.3 Å². The van der Waals surface area contributed by atoms with Crippen LogP contribution in [0.4, 0.5) is 11.4 Å². The summed E-state index contributed by atoms with van der Waals surface area (Å²) in [6.07, 6.45) is 1.47. The number of carbonyl (C=O) groups is 2. The molecule has 0 fully saturated rings. The maximum absolute atomic E-state index is 12.0. The maximum atomic E-state index is 12.0. The molecule has 0 saturated heterocycles. The molecule has 0 radical (unpaired) electrons. The second-order valence-electron chi connectivity index (χ2n) is 4.68. The van der Waals surface area contributed by atoms with Crippen molar-refractivity contribution in [2.45, 2.75) is 0 Å². The van der Waals surface area contributed by atoms with Gasteiger partial charge in [0.2, 0.25) is 5.91 Å². The Hall–Kier alpha value is -2.60. The standard InChI is InChI=1S/C15H15ClN4O2/c1-20(12-5-6-18-13(8-12)15(17)22)9-14(21)19-11-4-2-3-10(16)7-11/h2-8H,9H2,1H3,(H2,17,22)(H,19,21). The van der Waals surface area contributed by atoms with Crippen molar-refractivity contribution in [1.82, 2.24) is 4.98 Å². The fourth-order valence-corrected chi connectivity index (χ4v) is 2.06. The number of nitrogens with zero attached hydrogens (tertiary/aromatic N) is 2. The molecule has 0 aliphatic rings. The van der Waals surface area contributed by atoms with Gasteiger partial charge < -0.3 is 16.0 Å². The highest BCUT2D eigenvalue weighted by molar-refractivity contribution is 6.30. The molecule has 7 heteroatoms. The van der Waals surface area contributed by atoms with E-state index >= 15 is 0 Å². The van der Waals surface area contributed by atoms with Crippen LogP contribution in [-0.4, -0.2) is 30.4 Å². The average molecular weight is 319 g/mol. The molecule has 0 atom stereocenters. The number of hydrogen-bond donors (Lipinski definition) is 2. The largest absolute Gasteiger partial charge is 0.365 e. The van der Waals surface area contributed by atoms with Crippen LogP contribution >= 0.6 is 11.6 Å². The van der Waals surface area contributed by atoms with Crippen molar-refractivity contribution in [1.29, 1.82) is 0 Å². The van der Waals surface area contributed by atoms with Gasteiger partial charge in [-0.15, -0.1) is 0 Å². The number of nitrogens with two attached hydrogens (primary N) is 1. The van der Waals surface area contributed by atoms with Gasteiger partial charge in [-0.05, 0) is 30.3 Å². The molecule has 0 saturated carbocycles. The number of anilines is 2. The summed E-state index contributed by atoms with van der Waals surface area (Å²) in [5.41, 5.74) is 6.64. The Bertz CT molecular complexity index is 705. The van der Waals surface area contributed by atoms with Gasteiger partial charge in [0, 0.05) is 29.6 Å². The highest BCUT2D eigenvalue weighted by atomic mass is 35.5. The van der Waals surface area contributed by atoms with E-state index in [0.717, 1.165) is 0 Å². The van der Waals surface area contributed by atoms with Crippen LogP contribution in [0.1, 0.15) is 10.5 Å². The SMILES string of the molecule is CN(CC(=O)Nc1cccc(Cl)c1)c1ccnc(C(N)=O)c1. The van der Waals surface area contributed by atoms with E-state index in [1.54, 1.807) is 42.3 Å². The number of amides is 2. The van der Waals surface area contributed by atoms with E-state index in [1.165, 1.54) is 12.3 Å². The Labute approximate surface area is 132 Å². The fourth-order valence-electron chi connectivity index (χ4n) is 1.87. The normalized spacial score (nSPS) is 10.1. The number of nitrogens with one attached hydrogen (secondary N) is 1. The highest BCUT2D eigenvalue weighted by Gasteiger charge is 2.10. The summed E-state index contributed by atoms with van der Waals surface area (Å²) in [4.78, 5) is 28.7. The lowest BCUT2D eigenvalue weighted by Crippen LogP contribution is -2.30. The van der Waals surface area contributed by atoms with Crippen LogP contribution in [-0.2, 0) is 4.79 Å². The summed E-state index contributed by atoms with van der Waals surface area (Å²) in [6, 6.07) is 10.1. The molecule has 0 unspecified atom stereocenters. The first-order valence-corrected chi connectivity index (χ1v) is 6.86. The first kappa shape index (κ1) is 15.8. The predicted octanol–water partition coefficient (Wildman–Crippen LogP) is 1.91. The lowest BCUT2D eigenvalue weighted by Gasteiger charge is -2.19. The zero-order valence-corrected chi connectivity index (χ0v) is 12.7. The Morgan fingerprint density at radius 1 is 1.32 bits per heavy atom. The third-order valence-electron chi connectivity index (χ3n) is 2.93. The van der Waals surface area contributed by atoms with E-state index in [-0.39, 0.29) is 18.1 Å². The summed E-state index contributed by atoms with van der Waals surface area (Å²) in [6.45, 7) is 0.106. The van der Waals surface area contributed by atoms with E-state index < -0.39 is 5.91 Å². The number of likely N-dealkylation sites (N-methyl/N-ethyl adjacent to an activating group) is 1. The van der Waals surface area contributed by atoms with Crippen LogP contribution in [0, 0.1) is 0 Å². The fraction of sp³-hybridized carbons (Fsp3) is 0.133. The molecule has 0 aliphatic heterocycles. The van der Waals surface area contributed by atoms with Crippen LogP contribution in [0.15, 0.2) is 42.6 Å². The summed E-state index contributed by atoms with van der Waals surface area (Å²) in [5.74, 6) is -0.819. The summed E-state index contributed by atoms with van der Waals surface area (Å²) >= 11 is 5.86. The van der Waals surface area contributed by atoms with E-state index in [0.29, 0.717) is 16.4 Å². The monoisotopic (exact) mass is 318 g/mol.